The minimum absolute atomic E-state index is 0.256. The van der Waals surface area contributed by atoms with Gasteiger partial charge in [0.15, 0.2) is 9.84 Å². The van der Waals surface area contributed by atoms with Crippen LogP contribution in [0.15, 0.2) is 71.6 Å². The predicted octanol–water partition coefficient (Wildman–Crippen LogP) is 6.14. The fourth-order valence-electron chi connectivity index (χ4n) is 4.01. The Kier molecular flexibility index (Phi) is 7.36. The van der Waals surface area contributed by atoms with Gasteiger partial charge >= 0.3 is 6.03 Å². The lowest BCUT2D eigenvalue weighted by atomic mass is 10.1. The summed E-state index contributed by atoms with van der Waals surface area (Å²) in [7, 11) is -1.96. The first-order valence-electron chi connectivity index (χ1n) is 10.8. The van der Waals surface area contributed by atoms with Crippen molar-refractivity contribution in [3.05, 3.63) is 76.8 Å². The number of piperidine rings is 1. The topological polar surface area (TPSA) is 75.7 Å². The Balaban J connectivity index is 1.40. The number of hydrogen-bond acceptors (Lipinski definition) is 4. The second-order valence-corrected chi connectivity index (χ2v) is 11.1. The molecule has 0 radical (unpaired) electrons. The maximum Gasteiger partial charge on any atom is 0.321 e. The Morgan fingerprint density at radius 3 is 2.35 bits per heavy atom. The van der Waals surface area contributed by atoms with Crippen LogP contribution in [-0.2, 0) is 9.84 Å². The van der Waals surface area contributed by atoms with Crippen LogP contribution in [0.25, 0.3) is 11.1 Å². The molecule has 1 N–H and O–H groups in total. The molecule has 4 rings (SSSR count). The molecule has 0 saturated carbocycles. The number of carbonyl (C=O) groups excluding carboxylic acids is 1. The highest BCUT2D eigenvalue weighted by Gasteiger charge is 2.32. The number of nitrogens with zero attached hydrogens (tertiary/aromatic N) is 1. The van der Waals surface area contributed by atoms with Gasteiger partial charge in [-0.25, -0.2) is 13.2 Å². The first kappa shape index (κ1) is 24.4. The summed E-state index contributed by atoms with van der Waals surface area (Å²) >= 11 is 12.2. The van der Waals surface area contributed by atoms with E-state index in [4.69, 9.17) is 27.9 Å². The summed E-state index contributed by atoms with van der Waals surface area (Å²) in [6.07, 6.45) is 0.747. The smallest absolute Gasteiger partial charge is 0.321 e. The third kappa shape index (κ3) is 5.32. The molecule has 0 aromatic heterocycles. The molecule has 1 heterocycles. The summed E-state index contributed by atoms with van der Waals surface area (Å²) in [6.45, 7) is 0.719. The summed E-state index contributed by atoms with van der Waals surface area (Å²) in [4.78, 5) is 14.5. The summed E-state index contributed by atoms with van der Waals surface area (Å²) in [6, 6.07) is 18.8. The standard InChI is InChI=1S/C25H24Cl2N2O4S/c1-33-20-4-2-3-19(16-20)28-25(30)29-13-11-22(12-14-29)34(31,32)21-8-5-17(6-9-21)23-10-7-18(26)15-24(23)27/h2-10,15-16,22H,11-14H2,1H3,(H,28,30). The van der Waals surface area contributed by atoms with E-state index in [0.717, 1.165) is 11.1 Å². The van der Waals surface area contributed by atoms with Crippen LogP contribution in [0.3, 0.4) is 0 Å². The van der Waals surface area contributed by atoms with Gasteiger partial charge in [-0.3, -0.25) is 0 Å². The van der Waals surface area contributed by atoms with E-state index in [1.807, 2.05) is 0 Å². The van der Waals surface area contributed by atoms with Crippen LogP contribution in [0.2, 0.25) is 10.0 Å². The molecule has 0 atom stereocenters. The van der Waals surface area contributed by atoms with E-state index in [1.54, 1.807) is 78.7 Å². The SMILES string of the molecule is COc1cccc(NC(=O)N2CCC(S(=O)(=O)c3ccc(-c4ccc(Cl)cc4Cl)cc3)CC2)c1. The highest BCUT2D eigenvalue weighted by molar-refractivity contribution is 7.92. The molecule has 178 valence electrons. The zero-order chi connectivity index (χ0) is 24.3. The molecule has 34 heavy (non-hydrogen) atoms. The van der Waals surface area contributed by atoms with Gasteiger partial charge in [-0.15, -0.1) is 0 Å². The van der Waals surface area contributed by atoms with Crippen LogP contribution < -0.4 is 10.1 Å². The maximum absolute atomic E-state index is 13.2. The van der Waals surface area contributed by atoms with Crippen LogP contribution in [0, 0.1) is 0 Å². The summed E-state index contributed by atoms with van der Waals surface area (Å²) < 4.78 is 31.6. The zero-order valence-corrected chi connectivity index (χ0v) is 20.8. The van der Waals surface area contributed by atoms with E-state index >= 15 is 0 Å². The number of sulfone groups is 1. The maximum atomic E-state index is 13.2. The lowest BCUT2D eigenvalue weighted by Gasteiger charge is -2.31. The Labute approximate surface area is 209 Å². The summed E-state index contributed by atoms with van der Waals surface area (Å²) in [5, 5.41) is 3.34. The number of hydrogen-bond donors (Lipinski definition) is 1. The number of likely N-dealkylation sites (tertiary alicyclic amines) is 1. The zero-order valence-electron chi connectivity index (χ0n) is 18.5. The molecule has 3 aromatic rings. The number of carbonyl (C=O) groups is 1. The number of urea groups is 1. The van der Waals surface area contributed by atoms with Gasteiger partial charge in [0, 0.05) is 40.5 Å². The second-order valence-electron chi connectivity index (χ2n) is 8.04. The average Bonchev–Trinajstić information content (AvgIpc) is 2.84. The number of ether oxygens (including phenoxy) is 1. The molecule has 0 unspecified atom stereocenters. The Morgan fingerprint density at radius 1 is 1.00 bits per heavy atom. The number of halogens is 2. The van der Waals surface area contributed by atoms with Crippen molar-refractivity contribution >= 4 is 44.8 Å². The number of anilines is 1. The Hall–Kier alpha value is -2.74. The molecule has 9 heteroatoms. The number of methoxy groups -OCH3 is 1. The molecule has 0 spiro atoms. The third-order valence-electron chi connectivity index (χ3n) is 5.91. The van der Waals surface area contributed by atoms with Crippen molar-refractivity contribution in [3.8, 4) is 16.9 Å². The largest absolute Gasteiger partial charge is 0.497 e. The molecule has 6 nitrogen and oxygen atoms in total. The molecule has 1 aliphatic heterocycles. The molecule has 0 aliphatic carbocycles. The van der Waals surface area contributed by atoms with Crippen molar-refractivity contribution in [1.29, 1.82) is 0 Å². The molecule has 1 aliphatic rings. The van der Waals surface area contributed by atoms with E-state index in [-0.39, 0.29) is 10.9 Å². The molecule has 1 fully saturated rings. The Bertz CT molecular complexity index is 1290. The fourth-order valence-corrected chi connectivity index (χ4v) is 6.26. The molecular formula is C25H24Cl2N2O4S. The van der Waals surface area contributed by atoms with E-state index in [1.165, 1.54) is 0 Å². The molecule has 1 saturated heterocycles. The van der Waals surface area contributed by atoms with Crippen molar-refractivity contribution in [3.63, 3.8) is 0 Å². The molecular weight excluding hydrogens is 495 g/mol. The van der Waals surface area contributed by atoms with Crippen molar-refractivity contribution in [2.24, 2.45) is 0 Å². The van der Waals surface area contributed by atoms with Gasteiger partial charge in [-0.1, -0.05) is 47.5 Å². The fraction of sp³-hybridized carbons (Fsp3) is 0.240. The Morgan fingerprint density at radius 2 is 1.71 bits per heavy atom. The van der Waals surface area contributed by atoms with Crippen LogP contribution in [-0.4, -0.2) is 44.8 Å². The van der Waals surface area contributed by atoms with Crippen molar-refractivity contribution in [1.82, 2.24) is 4.90 Å². The van der Waals surface area contributed by atoms with Gasteiger partial charge < -0.3 is 15.0 Å². The first-order chi connectivity index (χ1) is 16.3. The normalized spacial score (nSPS) is 14.6. The monoisotopic (exact) mass is 518 g/mol. The highest BCUT2D eigenvalue weighted by atomic mass is 35.5. The predicted molar refractivity (Wildman–Crippen MR) is 136 cm³/mol. The van der Waals surface area contributed by atoms with Crippen LogP contribution in [0.5, 0.6) is 5.75 Å². The van der Waals surface area contributed by atoms with Crippen LogP contribution >= 0.6 is 23.2 Å². The quantitative estimate of drug-likeness (QED) is 0.440. The van der Waals surface area contributed by atoms with Crippen LogP contribution in [0.1, 0.15) is 12.8 Å². The lowest BCUT2D eigenvalue weighted by molar-refractivity contribution is 0.200. The highest BCUT2D eigenvalue weighted by Crippen LogP contribution is 2.32. The summed E-state index contributed by atoms with van der Waals surface area (Å²) in [5.74, 6) is 0.645. The van der Waals surface area contributed by atoms with E-state index in [2.05, 4.69) is 5.32 Å². The minimum Gasteiger partial charge on any atom is -0.497 e. The molecule has 2 amide bonds. The van der Waals surface area contributed by atoms with E-state index in [9.17, 15) is 13.2 Å². The number of benzene rings is 3. The second kappa shape index (κ2) is 10.3. The molecule has 3 aromatic carbocycles. The van der Waals surface area contributed by atoms with Crippen molar-refractivity contribution in [2.45, 2.75) is 23.0 Å². The van der Waals surface area contributed by atoms with Crippen molar-refractivity contribution < 1.29 is 17.9 Å². The summed E-state index contributed by atoms with van der Waals surface area (Å²) in [5.41, 5.74) is 2.22. The van der Waals surface area contributed by atoms with E-state index in [0.29, 0.717) is 47.4 Å². The van der Waals surface area contributed by atoms with Gasteiger partial charge in [0.2, 0.25) is 0 Å². The number of rotatable bonds is 5. The first-order valence-corrected chi connectivity index (χ1v) is 13.1. The van der Waals surface area contributed by atoms with Gasteiger partial charge in [-0.05, 0) is 54.8 Å². The molecule has 0 bridgehead atoms. The number of amides is 2. The lowest BCUT2D eigenvalue weighted by Crippen LogP contribution is -2.44. The van der Waals surface area contributed by atoms with Crippen molar-refractivity contribution in [2.75, 3.05) is 25.5 Å². The average molecular weight is 519 g/mol. The van der Waals surface area contributed by atoms with Gasteiger partial charge in [0.05, 0.1) is 17.3 Å². The van der Waals surface area contributed by atoms with Gasteiger partial charge in [0.25, 0.3) is 0 Å². The van der Waals surface area contributed by atoms with Crippen LogP contribution in [0.4, 0.5) is 10.5 Å². The minimum atomic E-state index is -3.52. The van der Waals surface area contributed by atoms with E-state index < -0.39 is 15.1 Å². The van der Waals surface area contributed by atoms with Gasteiger partial charge in [0.1, 0.15) is 5.75 Å². The van der Waals surface area contributed by atoms with Gasteiger partial charge in [-0.2, -0.15) is 0 Å². The third-order valence-corrected chi connectivity index (χ3v) is 8.74. The number of nitrogens with one attached hydrogen (secondary N) is 1.